The lowest BCUT2D eigenvalue weighted by Gasteiger charge is -2.22. The Morgan fingerprint density at radius 1 is 1.14 bits per heavy atom. The van der Waals surface area contributed by atoms with Crippen LogP contribution in [0.5, 0.6) is 11.5 Å². The minimum atomic E-state index is -0.253. The van der Waals surface area contributed by atoms with Gasteiger partial charge in [0.2, 0.25) is 5.91 Å². The van der Waals surface area contributed by atoms with Crippen LogP contribution in [0.25, 0.3) is 11.2 Å². The number of nitrogens with one attached hydrogen (secondary N) is 2. The summed E-state index contributed by atoms with van der Waals surface area (Å²) in [6, 6.07) is 1.73. The van der Waals surface area contributed by atoms with E-state index >= 15 is 0 Å². The third kappa shape index (κ3) is 3.17. The number of hydrogen-bond acceptors (Lipinski definition) is 4. The fourth-order valence-corrected chi connectivity index (χ4v) is 3.25. The van der Waals surface area contributed by atoms with E-state index in [2.05, 4.69) is 15.3 Å². The van der Waals surface area contributed by atoms with E-state index in [4.69, 9.17) is 4.74 Å². The second kappa shape index (κ2) is 7.14. The molecular formula is C21H26N4O3. The number of carbonyl (C=O) groups is 1. The zero-order chi connectivity index (χ0) is 20.7. The molecule has 0 aliphatic heterocycles. The number of aromatic nitrogens is 3. The Morgan fingerprint density at radius 2 is 1.82 bits per heavy atom. The number of aromatic amines is 1. The maximum atomic E-state index is 12.3. The van der Waals surface area contributed by atoms with Crippen molar-refractivity contribution in [2.45, 2.75) is 41.5 Å². The second-order valence-corrected chi connectivity index (χ2v) is 7.45. The van der Waals surface area contributed by atoms with Crippen molar-refractivity contribution in [2.24, 2.45) is 13.0 Å². The van der Waals surface area contributed by atoms with E-state index in [1.807, 2.05) is 41.5 Å². The quantitative estimate of drug-likeness (QED) is 0.717. The van der Waals surface area contributed by atoms with Crippen LogP contribution in [0.3, 0.4) is 0 Å². The fraction of sp³-hybridized carbons (Fsp3) is 0.381. The van der Waals surface area contributed by atoms with Crippen molar-refractivity contribution >= 4 is 22.8 Å². The molecule has 0 unspecified atom stereocenters. The molecule has 0 spiro atoms. The topological polar surface area (TPSA) is 89.0 Å². The number of imidazole rings is 1. The molecule has 7 heteroatoms. The predicted octanol–water partition coefficient (Wildman–Crippen LogP) is 3.88. The Kier molecular flexibility index (Phi) is 5.02. The van der Waals surface area contributed by atoms with Crippen LogP contribution in [0.15, 0.2) is 17.1 Å². The van der Waals surface area contributed by atoms with Gasteiger partial charge in [-0.25, -0.2) is 9.78 Å². The number of pyridine rings is 1. The van der Waals surface area contributed by atoms with Gasteiger partial charge in [-0.1, -0.05) is 13.8 Å². The van der Waals surface area contributed by atoms with Gasteiger partial charge in [0.1, 0.15) is 11.3 Å². The normalized spacial score (nSPS) is 11.3. The smallest absolute Gasteiger partial charge is 0.327 e. The summed E-state index contributed by atoms with van der Waals surface area (Å²) in [4.78, 5) is 31.2. The summed E-state index contributed by atoms with van der Waals surface area (Å²) in [6.45, 7) is 11.6. The first kappa shape index (κ1) is 19.7. The molecule has 7 nitrogen and oxygen atoms in total. The van der Waals surface area contributed by atoms with Gasteiger partial charge in [-0.2, -0.15) is 0 Å². The highest BCUT2D eigenvalue weighted by Gasteiger charge is 2.20. The summed E-state index contributed by atoms with van der Waals surface area (Å²) >= 11 is 0. The molecule has 1 amide bonds. The zero-order valence-corrected chi connectivity index (χ0v) is 17.4. The van der Waals surface area contributed by atoms with Crippen molar-refractivity contribution in [3.63, 3.8) is 0 Å². The largest absolute Gasteiger partial charge is 0.454 e. The SMILES string of the molecule is Cc1c(C)c(NC(=O)C(C)C)c(C)c(Oc2ccnc3[nH]c(=O)n(C)c23)c1C. The summed E-state index contributed by atoms with van der Waals surface area (Å²) in [6.07, 6.45) is 1.60. The van der Waals surface area contributed by atoms with E-state index in [-0.39, 0.29) is 17.5 Å². The molecule has 0 saturated heterocycles. The van der Waals surface area contributed by atoms with E-state index in [0.29, 0.717) is 22.7 Å². The van der Waals surface area contributed by atoms with Crippen LogP contribution in [0, 0.1) is 33.6 Å². The first-order chi connectivity index (χ1) is 13.1. The Labute approximate surface area is 163 Å². The van der Waals surface area contributed by atoms with Crippen LogP contribution >= 0.6 is 0 Å². The third-order valence-electron chi connectivity index (χ3n) is 5.29. The molecule has 2 heterocycles. The summed E-state index contributed by atoms with van der Waals surface area (Å²) < 4.78 is 7.77. The Hall–Kier alpha value is -3.09. The summed E-state index contributed by atoms with van der Waals surface area (Å²) in [5.41, 5.74) is 5.48. The van der Waals surface area contributed by atoms with Crippen LogP contribution in [0.4, 0.5) is 5.69 Å². The molecule has 0 fully saturated rings. The maximum Gasteiger partial charge on any atom is 0.327 e. The molecule has 0 aliphatic rings. The number of nitrogens with zero attached hydrogens (tertiary/aromatic N) is 2. The van der Waals surface area contributed by atoms with Crippen LogP contribution in [-0.2, 0) is 11.8 Å². The molecular weight excluding hydrogens is 356 g/mol. The molecule has 28 heavy (non-hydrogen) atoms. The van der Waals surface area contributed by atoms with E-state index in [1.165, 1.54) is 4.57 Å². The van der Waals surface area contributed by atoms with Gasteiger partial charge in [0, 0.05) is 30.8 Å². The van der Waals surface area contributed by atoms with Gasteiger partial charge in [-0.3, -0.25) is 14.3 Å². The number of benzene rings is 1. The summed E-state index contributed by atoms with van der Waals surface area (Å²) in [5.74, 6) is 1.03. The van der Waals surface area contributed by atoms with E-state index in [1.54, 1.807) is 19.3 Å². The number of H-pyrrole nitrogens is 1. The lowest BCUT2D eigenvalue weighted by molar-refractivity contribution is -0.118. The van der Waals surface area contributed by atoms with Crippen molar-refractivity contribution in [1.82, 2.24) is 14.5 Å². The number of anilines is 1. The number of rotatable bonds is 4. The summed E-state index contributed by atoms with van der Waals surface area (Å²) in [7, 11) is 1.67. The van der Waals surface area contributed by atoms with Crippen molar-refractivity contribution < 1.29 is 9.53 Å². The molecule has 0 saturated carbocycles. The first-order valence-corrected chi connectivity index (χ1v) is 9.26. The number of ether oxygens (including phenoxy) is 1. The Balaban J connectivity index is 2.17. The van der Waals surface area contributed by atoms with E-state index in [9.17, 15) is 9.59 Å². The maximum absolute atomic E-state index is 12.3. The van der Waals surface area contributed by atoms with Gasteiger partial charge in [-0.05, 0) is 44.4 Å². The van der Waals surface area contributed by atoms with E-state index in [0.717, 1.165) is 27.9 Å². The minimum absolute atomic E-state index is 0.0419. The van der Waals surface area contributed by atoms with Crippen LogP contribution in [-0.4, -0.2) is 20.4 Å². The van der Waals surface area contributed by atoms with Crippen LogP contribution < -0.4 is 15.7 Å². The van der Waals surface area contributed by atoms with Crippen molar-refractivity contribution in [2.75, 3.05) is 5.32 Å². The van der Waals surface area contributed by atoms with Gasteiger partial charge in [0.05, 0.1) is 5.69 Å². The monoisotopic (exact) mass is 382 g/mol. The summed E-state index contributed by atoms with van der Waals surface area (Å²) in [5, 5.41) is 3.03. The Bertz CT molecular complexity index is 1140. The second-order valence-electron chi connectivity index (χ2n) is 7.45. The lowest BCUT2D eigenvalue weighted by atomic mass is 9.96. The number of aryl methyl sites for hydroxylation is 1. The molecule has 2 N–H and O–H groups in total. The molecule has 148 valence electrons. The average Bonchev–Trinajstić information content (AvgIpc) is 2.95. The van der Waals surface area contributed by atoms with Gasteiger partial charge in [0.25, 0.3) is 0 Å². The standard InChI is InChI=1S/C21H26N4O3/c1-10(2)20(26)23-16-12(4)11(3)13(5)18(14(16)6)28-15-8-9-22-19-17(15)25(7)21(27)24-19/h8-10H,1-7H3,(H,23,26)(H,22,24,27). The molecule has 3 aromatic rings. The predicted molar refractivity (Wildman–Crippen MR) is 110 cm³/mol. The number of hydrogen-bond donors (Lipinski definition) is 2. The van der Waals surface area contributed by atoms with Gasteiger partial charge >= 0.3 is 5.69 Å². The molecule has 0 atom stereocenters. The van der Waals surface area contributed by atoms with Crippen LogP contribution in [0.2, 0.25) is 0 Å². The average molecular weight is 382 g/mol. The molecule has 0 radical (unpaired) electrons. The molecule has 0 bridgehead atoms. The Morgan fingerprint density at radius 3 is 2.46 bits per heavy atom. The zero-order valence-electron chi connectivity index (χ0n) is 17.4. The van der Waals surface area contributed by atoms with E-state index < -0.39 is 0 Å². The minimum Gasteiger partial charge on any atom is -0.454 e. The van der Waals surface area contributed by atoms with Gasteiger partial charge in [-0.15, -0.1) is 0 Å². The van der Waals surface area contributed by atoms with Crippen LogP contribution in [0.1, 0.15) is 36.1 Å². The fourth-order valence-electron chi connectivity index (χ4n) is 3.25. The number of amides is 1. The van der Waals surface area contributed by atoms with Gasteiger partial charge in [0.15, 0.2) is 11.4 Å². The lowest BCUT2D eigenvalue weighted by Crippen LogP contribution is -2.20. The number of fused-ring (bicyclic) bond motifs is 1. The molecule has 0 aliphatic carbocycles. The molecule has 2 aromatic heterocycles. The molecule has 1 aromatic carbocycles. The van der Waals surface area contributed by atoms with Crippen molar-refractivity contribution in [1.29, 1.82) is 0 Å². The van der Waals surface area contributed by atoms with Crippen molar-refractivity contribution in [3.05, 3.63) is 45.0 Å². The molecule has 3 rings (SSSR count). The van der Waals surface area contributed by atoms with Crippen molar-refractivity contribution in [3.8, 4) is 11.5 Å². The first-order valence-electron chi connectivity index (χ1n) is 9.26. The highest BCUT2D eigenvalue weighted by Crippen LogP contribution is 2.39. The highest BCUT2D eigenvalue weighted by molar-refractivity contribution is 5.94. The third-order valence-corrected chi connectivity index (χ3v) is 5.29. The van der Waals surface area contributed by atoms with Gasteiger partial charge < -0.3 is 10.1 Å². The number of carbonyl (C=O) groups excluding carboxylic acids is 1. The highest BCUT2D eigenvalue weighted by atomic mass is 16.5.